The minimum Gasteiger partial charge on any atom is -0.309 e. The van der Waals surface area contributed by atoms with Gasteiger partial charge < -0.3 is 4.57 Å². The Morgan fingerprint density at radius 1 is 0.297 bits per heavy atom. The van der Waals surface area contributed by atoms with Crippen molar-refractivity contribution in [3.63, 3.8) is 0 Å². The topological polar surface area (TPSA) is 56.5 Å². The summed E-state index contributed by atoms with van der Waals surface area (Å²) in [7, 11) is 0. The molecule has 0 aliphatic heterocycles. The second kappa shape index (κ2) is 24.8. The Balaban J connectivity index is 0.000000120. The summed E-state index contributed by atoms with van der Waals surface area (Å²) < 4.78 is 3.50. The standard InChI is InChI=1S/C47H33N3.C26H20.C22H15BrN2/c1-47(2)37-20-12-11-19-36(37)43-38(47)26-28-42-45(43)44-35-18-10-9-13-30(35)23-27-41(44)50(42)34-24-21-32(22-25-34)40-29-39(31-14-5-3-6-15-31)48-46(49-40)33-16-7-4-8-17-33;1-26(2)21-10-6-5-9-20(21)25-22(26)14-13-18-15-17-12-11-16-7-3-4-8-19(16)23(17)24(18)25;23-19-13-11-17(12-14-19)21-15-20(16-7-3-1-4-8-16)24-22(25-21)18-9-5-2-6-10-18/h3-29H,1-2H3;3-14H,15H2,1-2H3;1-15H. The molecule has 20 rings (SSSR count). The molecule has 5 nitrogen and oxygen atoms in total. The third-order valence-electron chi connectivity index (χ3n) is 21.1. The van der Waals surface area contributed by atoms with Crippen molar-refractivity contribution in [1.29, 1.82) is 0 Å². The number of aromatic nitrogens is 5. The number of hydrogen-bond donors (Lipinski definition) is 0. The fraction of sp³-hybridized carbons (Fsp3) is 0.0737. The highest BCUT2D eigenvalue weighted by atomic mass is 79.9. The molecule has 3 heterocycles. The summed E-state index contributed by atoms with van der Waals surface area (Å²) in [6.07, 6.45) is 1.05. The van der Waals surface area contributed by atoms with Gasteiger partial charge in [-0.2, -0.15) is 0 Å². The number of rotatable bonds is 7. The van der Waals surface area contributed by atoms with Crippen molar-refractivity contribution in [3.05, 3.63) is 365 Å². The van der Waals surface area contributed by atoms with Gasteiger partial charge in [0.25, 0.3) is 0 Å². The summed E-state index contributed by atoms with van der Waals surface area (Å²) in [5.74, 6) is 1.46. The van der Waals surface area contributed by atoms with Gasteiger partial charge in [0.1, 0.15) is 0 Å². The smallest absolute Gasteiger partial charge is 0.160 e. The van der Waals surface area contributed by atoms with Gasteiger partial charge in [-0.25, -0.2) is 19.9 Å². The van der Waals surface area contributed by atoms with Crippen molar-refractivity contribution < 1.29 is 0 Å². The Bertz CT molecular complexity index is 5960. The molecule has 101 heavy (non-hydrogen) atoms. The second-order valence-corrected chi connectivity index (χ2v) is 28.6. The zero-order valence-corrected chi connectivity index (χ0v) is 58.1. The minimum absolute atomic E-state index is 0.0638. The lowest BCUT2D eigenvalue weighted by molar-refractivity contribution is 0.660. The fourth-order valence-electron chi connectivity index (χ4n) is 16.1. The van der Waals surface area contributed by atoms with Crippen LogP contribution in [-0.4, -0.2) is 24.5 Å². The average molecular weight is 1360 g/mol. The van der Waals surface area contributed by atoms with Crippen LogP contribution in [0.4, 0.5) is 0 Å². The zero-order valence-electron chi connectivity index (χ0n) is 56.5. The number of benzene rings is 14. The van der Waals surface area contributed by atoms with Crippen LogP contribution in [0.1, 0.15) is 61.1 Å². The molecule has 0 radical (unpaired) electrons. The molecule has 6 heteroatoms. The predicted molar refractivity (Wildman–Crippen MR) is 424 cm³/mol. The highest BCUT2D eigenvalue weighted by Crippen LogP contribution is 2.57. The van der Waals surface area contributed by atoms with Crippen LogP contribution in [0, 0.1) is 0 Å². The van der Waals surface area contributed by atoms with Gasteiger partial charge in [0, 0.05) is 65.1 Å². The Labute approximate surface area is 597 Å². The normalized spacial score (nSPS) is 13.1. The number of nitrogens with zero attached hydrogens (tertiary/aromatic N) is 5. The van der Waals surface area contributed by atoms with Crippen LogP contribution in [-0.2, 0) is 17.3 Å². The summed E-state index contributed by atoms with van der Waals surface area (Å²) in [5.41, 5.74) is 30.6. The molecule has 3 aliphatic carbocycles. The molecule has 480 valence electrons. The average Bonchev–Trinajstić information content (AvgIpc) is 1.54. The van der Waals surface area contributed by atoms with Gasteiger partial charge >= 0.3 is 0 Å². The van der Waals surface area contributed by atoms with Gasteiger partial charge in [-0.3, -0.25) is 0 Å². The van der Waals surface area contributed by atoms with Crippen LogP contribution in [0.2, 0.25) is 0 Å². The van der Waals surface area contributed by atoms with Crippen molar-refractivity contribution in [1.82, 2.24) is 24.5 Å². The van der Waals surface area contributed by atoms with Crippen LogP contribution in [0.15, 0.2) is 332 Å². The van der Waals surface area contributed by atoms with E-state index in [-0.39, 0.29) is 10.8 Å². The Hall–Kier alpha value is -12.0. The van der Waals surface area contributed by atoms with Crippen LogP contribution in [0.3, 0.4) is 0 Å². The van der Waals surface area contributed by atoms with Crippen molar-refractivity contribution in [2.75, 3.05) is 0 Å². The molecule has 0 spiro atoms. The summed E-state index contributed by atoms with van der Waals surface area (Å²) in [4.78, 5) is 19.7. The van der Waals surface area contributed by atoms with E-state index >= 15 is 0 Å². The third kappa shape index (κ3) is 10.6. The molecule has 3 aromatic heterocycles. The van der Waals surface area contributed by atoms with Crippen molar-refractivity contribution >= 4 is 59.3 Å². The maximum absolute atomic E-state index is 5.08. The first-order valence-corrected chi connectivity index (χ1v) is 35.5. The lowest BCUT2D eigenvalue weighted by Gasteiger charge is -2.21. The summed E-state index contributed by atoms with van der Waals surface area (Å²) in [5, 5.41) is 7.89. The quantitative estimate of drug-likeness (QED) is 0.160. The molecule has 0 fully saturated rings. The molecule has 0 atom stereocenters. The van der Waals surface area contributed by atoms with Crippen LogP contribution >= 0.6 is 15.9 Å². The SMILES string of the molecule is Brc1ccc(-c2cc(-c3ccccc3)nc(-c3ccccc3)n2)cc1.CC1(C)c2ccccc2-c2c1ccc1c2-c2c(ccc3ccccc23)C1.CC1(C)c2ccccc2-c2c1ccc1c2c2c3ccccc3ccc2n1-c1ccc(-c2cc(-c3ccccc3)nc(-c3ccccc3)n2)cc1. The molecular weight excluding hydrogens is 1290 g/mol. The molecular formula is C95H68BrN5. The number of hydrogen-bond acceptors (Lipinski definition) is 4. The predicted octanol–water partition coefficient (Wildman–Crippen LogP) is 25.0. The minimum atomic E-state index is -0.0739. The maximum atomic E-state index is 5.08. The van der Waals surface area contributed by atoms with E-state index in [1.165, 1.54) is 110 Å². The van der Waals surface area contributed by atoms with Crippen molar-refractivity contribution in [2.45, 2.75) is 44.9 Å². The van der Waals surface area contributed by atoms with E-state index in [2.05, 4.69) is 285 Å². The van der Waals surface area contributed by atoms with Crippen LogP contribution in [0.25, 0.3) is 150 Å². The maximum Gasteiger partial charge on any atom is 0.160 e. The Kier molecular flexibility index (Phi) is 15.1. The van der Waals surface area contributed by atoms with Gasteiger partial charge in [-0.05, 0) is 143 Å². The molecule has 17 aromatic rings. The molecule has 3 aliphatic rings. The van der Waals surface area contributed by atoms with Gasteiger partial charge in [0.15, 0.2) is 11.6 Å². The highest BCUT2D eigenvalue weighted by Gasteiger charge is 2.40. The molecule has 0 N–H and O–H groups in total. The second-order valence-electron chi connectivity index (χ2n) is 27.7. The van der Waals surface area contributed by atoms with E-state index in [4.69, 9.17) is 19.9 Å². The highest BCUT2D eigenvalue weighted by molar-refractivity contribution is 9.10. The van der Waals surface area contributed by atoms with Gasteiger partial charge in [0.2, 0.25) is 0 Å². The first kappa shape index (κ1) is 61.4. The van der Waals surface area contributed by atoms with E-state index in [1.807, 2.05) is 91.0 Å². The van der Waals surface area contributed by atoms with Crippen molar-refractivity contribution in [2.24, 2.45) is 0 Å². The van der Waals surface area contributed by atoms with Gasteiger partial charge in [-0.15, -0.1) is 0 Å². The summed E-state index contributed by atoms with van der Waals surface area (Å²) in [6.45, 7) is 9.45. The lowest BCUT2D eigenvalue weighted by atomic mass is 9.81. The zero-order chi connectivity index (χ0) is 67.9. The largest absolute Gasteiger partial charge is 0.309 e. The van der Waals surface area contributed by atoms with E-state index in [0.29, 0.717) is 0 Å². The molecule has 0 saturated heterocycles. The molecule has 0 saturated carbocycles. The monoisotopic (exact) mass is 1360 g/mol. The van der Waals surface area contributed by atoms with Crippen LogP contribution in [0.5, 0.6) is 0 Å². The van der Waals surface area contributed by atoms with E-state index in [9.17, 15) is 0 Å². The summed E-state index contributed by atoms with van der Waals surface area (Å²) in [6, 6.07) is 116. The summed E-state index contributed by atoms with van der Waals surface area (Å²) >= 11 is 3.49. The van der Waals surface area contributed by atoms with Crippen LogP contribution < -0.4 is 0 Å². The van der Waals surface area contributed by atoms with Gasteiger partial charge in [-0.1, -0.05) is 323 Å². The lowest BCUT2D eigenvalue weighted by Crippen LogP contribution is -2.14. The molecule has 0 amide bonds. The Morgan fingerprint density at radius 2 is 0.683 bits per heavy atom. The first-order valence-electron chi connectivity index (χ1n) is 34.7. The van der Waals surface area contributed by atoms with Gasteiger partial charge in [0.05, 0.1) is 33.8 Å². The van der Waals surface area contributed by atoms with Crippen molar-refractivity contribution in [3.8, 4) is 107 Å². The third-order valence-corrected chi connectivity index (χ3v) is 21.6. The Morgan fingerprint density at radius 3 is 1.24 bits per heavy atom. The molecule has 0 bridgehead atoms. The molecule has 0 unspecified atom stereocenters. The molecule has 14 aromatic carbocycles. The first-order chi connectivity index (χ1) is 49.5. The fourth-order valence-corrected chi connectivity index (χ4v) is 16.4. The van der Waals surface area contributed by atoms with E-state index in [0.717, 1.165) is 84.4 Å². The number of halogens is 1. The van der Waals surface area contributed by atoms with E-state index in [1.54, 1.807) is 0 Å². The number of fused-ring (bicyclic) bond motifs is 18. The van der Waals surface area contributed by atoms with E-state index < -0.39 is 0 Å².